The van der Waals surface area contributed by atoms with Gasteiger partial charge < -0.3 is 10.3 Å². The molecular formula is C20H15N5O. The number of hydrogen-bond donors (Lipinski definition) is 1. The van der Waals surface area contributed by atoms with Crippen molar-refractivity contribution in [3.63, 3.8) is 0 Å². The first-order chi connectivity index (χ1) is 12.8. The average Bonchev–Trinajstić information content (AvgIpc) is 3.32. The first kappa shape index (κ1) is 14.7. The smallest absolute Gasteiger partial charge is 0.206 e. The van der Waals surface area contributed by atoms with E-state index in [0.717, 1.165) is 39.8 Å². The number of fused-ring (bicyclic) bond motifs is 3. The Kier molecular flexibility index (Phi) is 3.21. The highest BCUT2D eigenvalue weighted by Gasteiger charge is 2.14. The van der Waals surface area contributed by atoms with Crippen LogP contribution >= 0.6 is 0 Å². The lowest BCUT2D eigenvalue weighted by Crippen LogP contribution is -2.01. The monoisotopic (exact) mass is 341 g/mol. The second-order valence-electron chi connectivity index (χ2n) is 6.17. The molecule has 2 aromatic carbocycles. The quantitative estimate of drug-likeness (QED) is 0.541. The third kappa shape index (κ3) is 2.31. The van der Waals surface area contributed by atoms with Crippen LogP contribution in [0.4, 0.5) is 5.95 Å². The van der Waals surface area contributed by atoms with E-state index in [0.29, 0.717) is 5.95 Å². The molecule has 5 aromatic rings. The molecule has 6 nitrogen and oxygen atoms in total. The zero-order chi connectivity index (χ0) is 17.5. The number of benzene rings is 2. The van der Waals surface area contributed by atoms with Crippen molar-refractivity contribution in [3.05, 3.63) is 78.4 Å². The molecule has 126 valence electrons. The Balaban J connectivity index is 1.71. The molecule has 0 radical (unpaired) electrons. The first-order valence-electron chi connectivity index (χ1n) is 8.29. The zero-order valence-corrected chi connectivity index (χ0v) is 13.8. The third-order valence-electron chi connectivity index (χ3n) is 4.48. The van der Waals surface area contributed by atoms with Gasteiger partial charge in [-0.25, -0.2) is 9.97 Å². The summed E-state index contributed by atoms with van der Waals surface area (Å²) in [4.78, 5) is 9.43. The van der Waals surface area contributed by atoms with Crippen LogP contribution in [0.5, 0.6) is 0 Å². The van der Waals surface area contributed by atoms with Crippen molar-refractivity contribution in [2.45, 2.75) is 6.42 Å². The molecule has 3 aromatic heterocycles. The second kappa shape index (κ2) is 5.70. The van der Waals surface area contributed by atoms with E-state index >= 15 is 0 Å². The highest BCUT2D eigenvalue weighted by molar-refractivity contribution is 6.01. The highest BCUT2D eigenvalue weighted by atomic mass is 16.5. The SMILES string of the molecule is Nc1nc2c(-c3cnoc3)cccc2c2nc(Cc3ccccc3)cn12. The molecule has 0 aliphatic carbocycles. The molecule has 5 rings (SSSR count). The molecule has 0 aliphatic rings. The summed E-state index contributed by atoms with van der Waals surface area (Å²) in [5.41, 5.74) is 11.8. The van der Waals surface area contributed by atoms with Crippen molar-refractivity contribution < 1.29 is 4.52 Å². The van der Waals surface area contributed by atoms with E-state index in [1.54, 1.807) is 12.5 Å². The van der Waals surface area contributed by atoms with Crippen molar-refractivity contribution in [3.8, 4) is 11.1 Å². The van der Waals surface area contributed by atoms with Gasteiger partial charge >= 0.3 is 0 Å². The summed E-state index contributed by atoms with van der Waals surface area (Å²) in [5.74, 6) is 0.406. The molecule has 0 bridgehead atoms. The second-order valence-corrected chi connectivity index (χ2v) is 6.17. The van der Waals surface area contributed by atoms with Gasteiger partial charge in [0.1, 0.15) is 11.9 Å². The zero-order valence-electron chi connectivity index (χ0n) is 13.8. The fraction of sp³-hybridized carbons (Fsp3) is 0.0500. The van der Waals surface area contributed by atoms with E-state index in [2.05, 4.69) is 22.3 Å². The molecule has 0 aliphatic heterocycles. The van der Waals surface area contributed by atoms with Crippen molar-refractivity contribution in [2.75, 3.05) is 5.73 Å². The summed E-state index contributed by atoms with van der Waals surface area (Å²) in [6.45, 7) is 0. The Bertz CT molecular complexity index is 1210. The molecule has 0 saturated carbocycles. The maximum absolute atomic E-state index is 6.22. The van der Waals surface area contributed by atoms with Crippen LogP contribution < -0.4 is 5.73 Å². The van der Waals surface area contributed by atoms with Crippen LogP contribution in [0.15, 0.2) is 71.7 Å². The minimum Gasteiger partial charge on any atom is -0.369 e. The van der Waals surface area contributed by atoms with E-state index < -0.39 is 0 Å². The lowest BCUT2D eigenvalue weighted by atomic mass is 10.1. The van der Waals surface area contributed by atoms with Crippen LogP contribution in [0.25, 0.3) is 27.7 Å². The minimum atomic E-state index is 0.406. The number of aromatic nitrogens is 4. The molecule has 2 N–H and O–H groups in total. The number of nitrogens with two attached hydrogens (primary N) is 1. The van der Waals surface area contributed by atoms with Gasteiger partial charge in [-0.1, -0.05) is 47.6 Å². The van der Waals surface area contributed by atoms with Gasteiger partial charge in [0, 0.05) is 29.1 Å². The Hall–Kier alpha value is -3.67. The van der Waals surface area contributed by atoms with E-state index in [9.17, 15) is 0 Å². The fourth-order valence-electron chi connectivity index (χ4n) is 3.27. The number of hydrogen-bond acceptors (Lipinski definition) is 5. The van der Waals surface area contributed by atoms with Crippen molar-refractivity contribution in [1.29, 1.82) is 0 Å². The third-order valence-corrected chi connectivity index (χ3v) is 4.48. The van der Waals surface area contributed by atoms with E-state index in [4.69, 9.17) is 15.2 Å². The average molecular weight is 341 g/mol. The van der Waals surface area contributed by atoms with Gasteiger partial charge in [-0.3, -0.25) is 4.40 Å². The molecule has 26 heavy (non-hydrogen) atoms. The van der Waals surface area contributed by atoms with E-state index in [1.165, 1.54) is 5.56 Å². The summed E-state index contributed by atoms with van der Waals surface area (Å²) >= 11 is 0. The van der Waals surface area contributed by atoms with Gasteiger partial charge in [-0.2, -0.15) is 0 Å². The van der Waals surface area contributed by atoms with Crippen molar-refractivity contribution in [1.82, 2.24) is 19.5 Å². The molecule has 0 fully saturated rings. The lowest BCUT2D eigenvalue weighted by molar-refractivity contribution is 0.420. The Morgan fingerprint density at radius 2 is 1.88 bits per heavy atom. The van der Waals surface area contributed by atoms with Crippen molar-refractivity contribution >= 4 is 22.5 Å². The number of nitrogen functional groups attached to an aromatic ring is 1. The summed E-state index contributed by atoms with van der Waals surface area (Å²) in [6, 6.07) is 16.2. The van der Waals surface area contributed by atoms with Crippen LogP contribution in [0.1, 0.15) is 11.3 Å². The number of para-hydroxylation sites is 1. The maximum Gasteiger partial charge on any atom is 0.206 e. The largest absolute Gasteiger partial charge is 0.369 e. The summed E-state index contributed by atoms with van der Waals surface area (Å²) < 4.78 is 6.82. The molecule has 0 spiro atoms. The first-order valence-corrected chi connectivity index (χ1v) is 8.29. The normalized spacial score (nSPS) is 11.4. The summed E-state index contributed by atoms with van der Waals surface area (Å²) in [5, 5.41) is 4.73. The Morgan fingerprint density at radius 1 is 1.00 bits per heavy atom. The van der Waals surface area contributed by atoms with Crippen LogP contribution in [-0.2, 0) is 6.42 Å². The van der Waals surface area contributed by atoms with Gasteiger partial charge in [-0.15, -0.1) is 0 Å². The van der Waals surface area contributed by atoms with E-state index in [-0.39, 0.29) is 0 Å². The van der Waals surface area contributed by atoms with Gasteiger partial charge in [0.05, 0.1) is 17.4 Å². The number of nitrogens with zero attached hydrogens (tertiary/aromatic N) is 4. The molecular weight excluding hydrogens is 326 g/mol. The minimum absolute atomic E-state index is 0.406. The Labute approximate surface area is 148 Å². The predicted octanol–water partition coefficient (Wildman–Crippen LogP) is 3.71. The molecule has 0 atom stereocenters. The topological polar surface area (TPSA) is 82.2 Å². The van der Waals surface area contributed by atoms with Gasteiger partial charge in [0.15, 0.2) is 0 Å². The molecule has 0 unspecified atom stereocenters. The number of anilines is 1. The van der Waals surface area contributed by atoms with E-state index in [1.807, 2.05) is 47.0 Å². The van der Waals surface area contributed by atoms with Crippen LogP contribution in [-0.4, -0.2) is 19.5 Å². The summed E-state index contributed by atoms with van der Waals surface area (Å²) in [6.07, 6.45) is 5.97. The van der Waals surface area contributed by atoms with Crippen LogP contribution in [0.2, 0.25) is 0 Å². The standard InChI is InChI=1S/C20H15N5O/c21-20-24-18-16(14-10-22-26-12-14)7-4-8-17(18)19-23-15(11-25(19)20)9-13-5-2-1-3-6-13/h1-8,10-12H,9H2,(H2,21,24). The highest BCUT2D eigenvalue weighted by Crippen LogP contribution is 2.30. The van der Waals surface area contributed by atoms with Gasteiger partial charge in [0.25, 0.3) is 0 Å². The predicted molar refractivity (Wildman–Crippen MR) is 99.7 cm³/mol. The fourth-order valence-corrected chi connectivity index (χ4v) is 3.27. The van der Waals surface area contributed by atoms with Crippen LogP contribution in [0.3, 0.4) is 0 Å². The molecule has 3 heterocycles. The maximum atomic E-state index is 6.22. The molecule has 0 amide bonds. The number of rotatable bonds is 3. The van der Waals surface area contributed by atoms with Crippen molar-refractivity contribution in [2.24, 2.45) is 0 Å². The van der Waals surface area contributed by atoms with Crippen LogP contribution in [0, 0.1) is 0 Å². The lowest BCUT2D eigenvalue weighted by Gasteiger charge is -2.06. The molecule has 6 heteroatoms. The van der Waals surface area contributed by atoms with Gasteiger partial charge in [0.2, 0.25) is 5.95 Å². The summed E-state index contributed by atoms with van der Waals surface area (Å²) in [7, 11) is 0. The Morgan fingerprint density at radius 3 is 2.69 bits per heavy atom. The number of imidazole rings is 1. The van der Waals surface area contributed by atoms with Gasteiger partial charge in [-0.05, 0) is 11.6 Å². The molecule has 0 saturated heterocycles.